The van der Waals surface area contributed by atoms with E-state index in [1.807, 2.05) is 0 Å². The zero-order valence-corrected chi connectivity index (χ0v) is 20.3. The van der Waals surface area contributed by atoms with Crippen molar-refractivity contribution in [2.45, 2.75) is 26.8 Å². The summed E-state index contributed by atoms with van der Waals surface area (Å²) < 4.78 is 12.4. The van der Waals surface area contributed by atoms with Gasteiger partial charge in [0.25, 0.3) is 5.56 Å². The van der Waals surface area contributed by atoms with Crippen LogP contribution in [-0.2, 0) is 14.3 Å². The van der Waals surface area contributed by atoms with Crippen molar-refractivity contribution < 1.29 is 19.1 Å². The number of carbonyl (C=O) groups excluding carboxylic acids is 2. The van der Waals surface area contributed by atoms with Gasteiger partial charge in [-0.05, 0) is 37.6 Å². The highest BCUT2D eigenvalue weighted by molar-refractivity contribution is 7.07. The number of fused-ring (bicyclic) bond motifs is 1. The minimum atomic E-state index is -0.796. The first-order chi connectivity index (χ1) is 16.3. The molecular weight excluding hydrogens is 476 g/mol. The molecule has 9 heteroatoms. The molecule has 0 aliphatic carbocycles. The van der Waals surface area contributed by atoms with E-state index in [9.17, 15) is 14.4 Å². The third-order valence-corrected chi connectivity index (χ3v) is 6.50. The SMILES string of the molecule is CCOC(=O)C1=C(C)N=c2s/c(=C\c3ccccc3OC(C)=O)c(=O)n2[C@H]1c1ccccc1Cl. The standard InChI is InChI=1S/C25H21ClN2O5S/c1-4-32-24(31)21-14(2)27-25-28(22(21)17-10-6-7-11-18(17)26)23(30)20(34-25)13-16-9-5-8-12-19(16)33-15(3)29/h5-13,22H,4H2,1-3H3/b20-13-/t22-/m0/s1. The summed E-state index contributed by atoms with van der Waals surface area (Å²) in [5.41, 5.74) is 1.53. The van der Waals surface area contributed by atoms with Crippen LogP contribution in [0.1, 0.15) is 37.9 Å². The monoisotopic (exact) mass is 496 g/mol. The van der Waals surface area contributed by atoms with E-state index in [2.05, 4.69) is 4.99 Å². The van der Waals surface area contributed by atoms with Crippen LogP contribution >= 0.6 is 22.9 Å². The Hall–Kier alpha value is -3.49. The number of para-hydroxylation sites is 1. The fourth-order valence-corrected chi connectivity index (χ4v) is 5.05. The van der Waals surface area contributed by atoms with Gasteiger partial charge in [0.1, 0.15) is 11.8 Å². The summed E-state index contributed by atoms with van der Waals surface area (Å²) in [7, 11) is 0. The van der Waals surface area contributed by atoms with Crippen molar-refractivity contribution in [3.8, 4) is 5.75 Å². The number of hydrogen-bond donors (Lipinski definition) is 0. The molecule has 1 aromatic heterocycles. The summed E-state index contributed by atoms with van der Waals surface area (Å²) in [6.45, 7) is 4.92. The predicted molar refractivity (Wildman–Crippen MR) is 130 cm³/mol. The topological polar surface area (TPSA) is 87.0 Å². The van der Waals surface area contributed by atoms with Crippen LogP contribution in [0.4, 0.5) is 0 Å². The number of rotatable bonds is 5. The van der Waals surface area contributed by atoms with Crippen LogP contribution in [0.15, 0.2) is 69.6 Å². The quantitative estimate of drug-likeness (QED) is 0.399. The van der Waals surface area contributed by atoms with Crippen molar-refractivity contribution >= 4 is 41.0 Å². The van der Waals surface area contributed by atoms with Crippen LogP contribution in [0.2, 0.25) is 5.02 Å². The fraction of sp³-hybridized carbons (Fsp3) is 0.200. The molecule has 2 aromatic carbocycles. The molecular formula is C25H21ClN2O5S. The first kappa shape index (κ1) is 23.7. The smallest absolute Gasteiger partial charge is 0.338 e. The molecule has 4 rings (SSSR count). The number of ether oxygens (including phenoxy) is 2. The Labute approximate surface area is 204 Å². The largest absolute Gasteiger partial charge is 0.463 e. The van der Waals surface area contributed by atoms with Crippen LogP contribution in [0, 0.1) is 0 Å². The molecule has 0 radical (unpaired) electrons. The lowest BCUT2D eigenvalue weighted by molar-refractivity contribution is -0.139. The second-order valence-electron chi connectivity index (χ2n) is 7.46. The van der Waals surface area contributed by atoms with Gasteiger partial charge in [-0.15, -0.1) is 0 Å². The van der Waals surface area contributed by atoms with Crippen LogP contribution in [0.25, 0.3) is 6.08 Å². The van der Waals surface area contributed by atoms with E-state index >= 15 is 0 Å². The van der Waals surface area contributed by atoms with Crippen molar-refractivity contribution in [3.63, 3.8) is 0 Å². The maximum atomic E-state index is 13.6. The van der Waals surface area contributed by atoms with Crippen molar-refractivity contribution in [1.82, 2.24) is 4.57 Å². The van der Waals surface area contributed by atoms with Crippen molar-refractivity contribution in [3.05, 3.63) is 95.6 Å². The van der Waals surface area contributed by atoms with Gasteiger partial charge in [0.05, 0.1) is 22.4 Å². The van der Waals surface area contributed by atoms with Crippen LogP contribution < -0.4 is 19.6 Å². The first-order valence-corrected chi connectivity index (χ1v) is 11.7. The van der Waals surface area contributed by atoms with Crippen LogP contribution in [-0.4, -0.2) is 23.1 Å². The number of aromatic nitrogens is 1. The Balaban J connectivity index is 1.97. The maximum Gasteiger partial charge on any atom is 0.338 e. The highest BCUT2D eigenvalue weighted by Gasteiger charge is 2.34. The summed E-state index contributed by atoms with van der Waals surface area (Å²) >= 11 is 7.68. The van der Waals surface area contributed by atoms with Gasteiger partial charge in [0, 0.05) is 17.5 Å². The zero-order chi connectivity index (χ0) is 24.4. The maximum absolute atomic E-state index is 13.6. The second kappa shape index (κ2) is 9.79. The van der Waals surface area contributed by atoms with Gasteiger partial charge in [-0.25, -0.2) is 9.79 Å². The molecule has 174 valence electrons. The van der Waals surface area contributed by atoms with E-state index in [0.717, 1.165) is 0 Å². The molecule has 7 nitrogen and oxygen atoms in total. The lowest BCUT2D eigenvalue weighted by Crippen LogP contribution is -2.40. The van der Waals surface area contributed by atoms with Gasteiger partial charge < -0.3 is 9.47 Å². The molecule has 0 saturated heterocycles. The fourth-order valence-electron chi connectivity index (χ4n) is 3.77. The van der Waals surface area contributed by atoms with Gasteiger partial charge in [0.2, 0.25) is 0 Å². The van der Waals surface area contributed by atoms with Crippen LogP contribution in [0.3, 0.4) is 0 Å². The molecule has 0 fully saturated rings. The molecule has 34 heavy (non-hydrogen) atoms. The predicted octanol–water partition coefficient (Wildman–Crippen LogP) is 3.38. The van der Waals surface area contributed by atoms with E-state index in [1.165, 1.54) is 22.8 Å². The van der Waals surface area contributed by atoms with Crippen molar-refractivity contribution in [2.75, 3.05) is 6.61 Å². The van der Waals surface area contributed by atoms with Gasteiger partial charge in [0.15, 0.2) is 4.80 Å². The number of halogens is 1. The molecule has 3 aromatic rings. The van der Waals surface area contributed by atoms with E-state index in [-0.39, 0.29) is 17.7 Å². The zero-order valence-electron chi connectivity index (χ0n) is 18.7. The summed E-state index contributed by atoms with van der Waals surface area (Å²) in [6.07, 6.45) is 1.65. The summed E-state index contributed by atoms with van der Waals surface area (Å²) in [4.78, 5) is 43.0. The van der Waals surface area contributed by atoms with E-state index in [0.29, 0.717) is 36.9 Å². The van der Waals surface area contributed by atoms with Crippen molar-refractivity contribution in [2.24, 2.45) is 4.99 Å². The first-order valence-electron chi connectivity index (χ1n) is 10.5. The summed E-state index contributed by atoms with van der Waals surface area (Å²) in [5, 5.41) is 0.416. The molecule has 0 amide bonds. The molecule has 0 spiro atoms. The molecule has 0 unspecified atom stereocenters. The minimum absolute atomic E-state index is 0.183. The molecule has 0 saturated carbocycles. The van der Waals surface area contributed by atoms with Crippen LogP contribution in [0.5, 0.6) is 5.75 Å². The highest BCUT2D eigenvalue weighted by Crippen LogP contribution is 2.34. The number of esters is 2. The van der Waals surface area contributed by atoms with E-state index in [4.69, 9.17) is 21.1 Å². The average molecular weight is 497 g/mol. The normalized spacial score (nSPS) is 15.5. The van der Waals surface area contributed by atoms with Gasteiger partial charge in [-0.1, -0.05) is 59.3 Å². The number of thiazole rings is 1. The third kappa shape index (κ3) is 4.47. The van der Waals surface area contributed by atoms with Gasteiger partial charge >= 0.3 is 11.9 Å². The Morgan fingerprint density at radius 2 is 1.88 bits per heavy atom. The van der Waals surface area contributed by atoms with Gasteiger partial charge in [-0.3, -0.25) is 14.2 Å². The number of hydrogen-bond acceptors (Lipinski definition) is 7. The molecule has 1 atom stereocenters. The number of carbonyl (C=O) groups is 2. The van der Waals surface area contributed by atoms with Gasteiger partial charge in [-0.2, -0.15) is 0 Å². The Morgan fingerprint density at radius 1 is 1.18 bits per heavy atom. The van der Waals surface area contributed by atoms with E-state index < -0.39 is 18.0 Å². The Morgan fingerprint density at radius 3 is 2.59 bits per heavy atom. The molecule has 1 aliphatic rings. The number of allylic oxidation sites excluding steroid dienone is 1. The highest BCUT2D eigenvalue weighted by atomic mass is 35.5. The molecule has 2 heterocycles. The summed E-state index contributed by atoms with van der Waals surface area (Å²) in [6, 6.07) is 13.2. The average Bonchev–Trinajstić information content (AvgIpc) is 3.09. The second-order valence-corrected chi connectivity index (χ2v) is 8.87. The third-order valence-electron chi connectivity index (χ3n) is 5.18. The molecule has 0 N–H and O–H groups in total. The Kier molecular flexibility index (Phi) is 6.81. The Bertz CT molecular complexity index is 1500. The number of benzene rings is 2. The van der Waals surface area contributed by atoms with Crippen molar-refractivity contribution in [1.29, 1.82) is 0 Å². The van der Waals surface area contributed by atoms with E-state index in [1.54, 1.807) is 68.5 Å². The molecule has 0 bridgehead atoms. The lowest BCUT2D eigenvalue weighted by Gasteiger charge is -2.25. The minimum Gasteiger partial charge on any atom is -0.463 e. The number of nitrogens with zero attached hydrogens (tertiary/aromatic N) is 2. The lowest BCUT2D eigenvalue weighted by atomic mass is 9.96. The summed E-state index contributed by atoms with van der Waals surface area (Å²) in [5.74, 6) is -0.675. The molecule has 1 aliphatic heterocycles.